The van der Waals surface area contributed by atoms with Crippen LogP contribution in [-0.2, 0) is 9.59 Å². The summed E-state index contributed by atoms with van der Waals surface area (Å²) in [5.41, 5.74) is 0. The van der Waals surface area contributed by atoms with Crippen molar-refractivity contribution in [3.63, 3.8) is 0 Å². The molecule has 0 radical (unpaired) electrons. The third kappa shape index (κ3) is 5.51. The summed E-state index contributed by atoms with van der Waals surface area (Å²) in [6.07, 6.45) is 2.83. The standard InChI is InChI=1S/C20H36N4O3/c1-5-23(6-2)11-10-21-20(27)24(7-3)19(26)16-12-15-13-17(25)8-9-18(15)22(4)14-16/h15-16,18H,5-14H2,1-4H3,(H,21,27)/t15-,16-,18-/m1/s1. The van der Waals surface area contributed by atoms with Crippen LogP contribution in [0.1, 0.15) is 46.5 Å². The molecule has 1 saturated heterocycles. The number of rotatable bonds is 7. The molecule has 3 amide bonds. The first-order chi connectivity index (χ1) is 12.9. The molecule has 0 aromatic heterocycles. The summed E-state index contributed by atoms with van der Waals surface area (Å²) in [7, 11) is 2.04. The van der Waals surface area contributed by atoms with Gasteiger partial charge in [-0.1, -0.05) is 13.8 Å². The number of likely N-dealkylation sites (tertiary alicyclic amines) is 1. The molecule has 0 aromatic rings. The van der Waals surface area contributed by atoms with E-state index >= 15 is 0 Å². The molecule has 3 atom stereocenters. The highest BCUT2D eigenvalue weighted by atomic mass is 16.2. The van der Waals surface area contributed by atoms with Crippen molar-refractivity contribution in [3.8, 4) is 0 Å². The molecule has 7 heteroatoms. The van der Waals surface area contributed by atoms with E-state index in [-0.39, 0.29) is 23.8 Å². The number of piperidine rings is 1. The number of hydrogen-bond acceptors (Lipinski definition) is 5. The van der Waals surface area contributed by atoms with Gasteiger partial charge in [-0.3, -0.25) is 14.5 Å². The number of ketones is 1. The number of nitrogens with one attached hydrogen (secondary N) is 1. The quantitative estimate of drug-likeness (QED) is 0.726. The largest absolute Gasteiger partial charge is 0.336 e. The molecule has 1 saturated carbocycles. The second-order valence-corrected chi connectivity index (χ2v) is 7.82. The van der Waals surface area contributed by atoms with E-state index in [0.717, 1.165) is 26.1 Å². The smallest absolute Gasteiger partial charge is 0.324 e. The maximum atomic E-state index is 13.0. The summed E-state index contributed by atoms with van der Waals surface area (Å²) >= 11 is 0. The highest BCUT2D eigenvalue weighted by molar-refractivity contribution is 5.95. The molecule has 2 aliphatic rings. The predicted octanol–water partition coefficient (Wildman–Crippen LogP) is 1.58. The van der Waals surface area contributed by atoms with Crippen molar-refractivity contribution in [1.82, 2.24) is 20.0 Å². The normalized spacial score (nSPS) is 26.0. The molecule has 1 heterocycles. The van der Waals surface area contributed by atoms with Gasteiger partial charge in [0, 0.05) is 45.1 Å². The number of imide groups is 1. The average molecular weight is 381 g/mol. The van der Waals surface area contributed by atoms with E-state index in [1.54, 1.807) is 0 Å². The SMILES string of the molecule is CCN(CC)CCNC(=O)N(CC)C(=O)[C@@H]1C[C@@H]2CC(=O)CC[C@H]2N(C)C1. The van der Waals surface area contributed by atoms with Gasteiger partial charge in [-0.2, -0.15) is 0 Å². The lowest BCUT2D eigenvalue weighted by Gasteiger charge is -2.45. The second-order valence-electron chi connectivity index (χ2n) is 7.82. The van der Waals surface area contributed by atoms with Gasteiger partial charge in [0.1, 0.15) is 5.78 Å². The van der Waals surface area contributed by atoms with Crippen LogP contribution in [0.2, 0.25) is 0 Å². The minimum Gasteiger partial charge on any atom is -0.336 e. The van der Waals surface area contributed by atoms with Crippen molar-refractivity contribution >= 4 is 17.7 Å². The van der Waals surface area contributed by atoms with Crippen LogP contribution in [0.3, 0.4) is 0 Å². The van der Waals surface area contributed by atoms with E-state index < -0.39 is 0 Å². The number of amides is 3. The van der Waals surface area contributed by atoms with Gasteiger partial charge in [0.2, 0.25) is 5.91 Å². The zero-order valence-corrected chi connectivity index (χ0v) is 17.4. The number of carbonyl (C=O) groups is 3. The van der Waals surface area contributed by atoms with Crippen molar-refractivity contribution < 1.29 is 14.4 Å². The molecular weight excluding hydrogens is 344 g/mol. The van der Waals surface area contributed by atoms with Gasteiger partial charge in [0.25, 0.3) is 0 Å². The summed E-state index contributed by atoms with van der Waals surface area (Å²) in [6, 6.07) is 0.0869. The van der Waals surface area contributed by atoms with Crippen LogP contribution in [0.5, 0.6) is 0 Å². The summed E-state index contributed by atoms with van der Waals surface area (Å²) in [4.78, 5) is 43.2. The molecule has 0 spiro atoms. The van der Waals surface area contributed by atoms with Gasteiger partial charge in [-0.25, -0.2) is 4.79 Å². The first kappa shape index (κ1) is 21.8. The van der Waals surface area contributed by atoms with Crippen LogP contribution in [0.25, 0.3) is 0 Å². The maximum absolute atomic E-state index is 13.0. The number of hydrogen-bond donors (Lipinski definition) is 1. The zero-order chi connectivity index (χ0) is 20.0. The summed E-state index contributed by atoms with van der Waals surface area (Å²) in [6.45, 7) is 10.3. The Labute approximate surface area is 163 Å². The summed E-state index contributed by atoms with van der Waals surface area (Å²) in [5, 5.41) is 2.88. The molecule has 0 unspecified atom stereocenters. The minimum atomic E-state index is -0.306. The fraction of sp³-hybridized carbons (Fsp3) is 0.850. The lowest BCUT2D eigenvalue weighted by molar-refractivity contribution is -0.138. The van der Waals surface area contributed by atoms with E-state index in [0.29, 0.717) is 50.7 Å². The average Bonchev–Trinajstić information content (AvgIpc) is 2.65. The van der Waals surface area contributed by atoms with Gasteiger partial charge in [0.15, 0.2) is 0 Å². The maximum Gasteiger partial charge on any atom is 0.324 e. The number of fused-ring (bicyclic) bond motifs is 1. The molecule has 27 heavy (non-hydrogen) atoms. The fourth-order valence-corrected chi connectivity index (χ4v) is 4.57. The van der Waals surface area contributed by atoms with Crippen molar-refractivity contribution in [2.75, 3.05) is 46.3 Å². The Morgan fingerprint density at radius 1 is 1.19 bits per heavy atom. The summed E-state index contributed by atoms with van der Waals surface area (Å²) < 4.78 is 0. The second kappa shape index (κ2) is 10.2. The van der Waals surface area contributed by atoms with Crippen molar-refractivity contribution in [2.24, 2.45) is 11.8 Å². The van der Waals surface area contributed by atoms with Gasteiger partial charge in [-0.15, -0.1) is 0 Å². The van der Waals surface area contributed by atoms with Crippen LogP contribution >= 0.6 is 0 Å². The molecule has 154 valence electrons. The van der Waals surface area contributed by atoms with Gasteiger partial charge >= 0.3 is 6.03 Å². The Bertz CT molecular complexity index is 535. The van der Waals surface area contributed by atoms with Crippen molar-refractivity contribution in [3.05, 3.63) is 0 Å². The Balaban J connectivity index is 1.93. The van der Waals surface area contributed by atoms with Crippen molar-refractivity contribution in [2.45, 2.75) is 52.5 Å². The van der Waals surface area contributed by atoms with Crippen LogP contribution in [0.15, 0.2) is 0 Å². The minimum absolute atomic E-state index is 0.110. The molecule has 0 bridgehead atoms. The fourth-order valence-electron chi connectivity index (χ4n) is 4.57. The van der Waals surface area contributed by atoms with Crippen LogP contribution in [-0.4, -0.2) is 84.8 Å². The van der Waals surface area contributed by atoms with E-state index in [9.17, 15) is 14.4 Å². The molecule has 2 fully saturated rings. The highest BCUT2D eigenvalue weighted by Crippen LogP contribution is 2.36. The monoisotopic (exact) mass is 380 g/mol. The zero-order valence-electron chi connectivity index (χ0n) is 17.4. The molecule has 0 aromatic carbocycles. The van der Waals surface area contributed by atoms with Crippen LogP contribution < -0.4 is 5.32 Å². The van der Waals surface area contributed by atoms with Crippen LogP contribution in [0, 0.1) is 11.8 Å². The molecule has 2 rings (SSSR count). The Morgan fingerprint density at radius 3 is 2.52 bits per heavy atom. The molecular formula is C20H36N4O3. The first-order valence-electron chi connectivity index (χ1n) is 10.4. The Hall–Kier alpha value is -1.47. The molecule has 1 N–H and O–H groups in total. The number of urea groups is 1. The number of nitrogens with zero attached hydrogens (tertiary/aromatic N) is 3. The topological polar surface area (TPSA) is 73.0 Å². The predicted molar refractivity (Wildman–Crippen MR) is 105 cm³/mol. The van der Waals surface area contributed by atoms with Gasteiger partial charge in [-0.05, 0) is 45.8 Å². The molecule has 7 nitrogen and oxygen atoms in total. The molecule has 1 aliphatic heterocycles. The van der Waals surface area contributed by atoms with E-state index in [4.69, 9.17) is 0 Å². The van der Waals surface area contributed by atoms with Gasteiger partial charge in [0.05, 0.1) is 5.92 Å². The molecule has 1 aliphatic carbocycles. The lowest BCUT2D eigenvalue weighted by Crippen LogP contribution is -2.55. The lowest BCUT2D eigenvalue weighted by atomic mass is 9.74. The van der Waals surface area contributed by atoms with E-state index in [1.165, 1.54) is 4.90 Å². The van der Waals surface area contributed by atoms with Crippen molar-refractivity contribution in [1.29, 1.82) is 0 Å². The van der Waals surface area contributed by atoms with E-state index in [1.807, 2.05) is 14.0 Å². The summed E-state index contributed by atoms with van der Waals surface area (Å²) in [5.74, 6) is 0.222. The number of Topliss-reactive ketones (excluding diaryl/α,β-unsaturated/α-hetero) is 1. The highest BCUT2D eigenvalue weighted by Gasteiger charge is 2.41. The Morgan fingerprint density at radius 2 is 1.89 bits per heavy atom. The number of carbonyl (C=O) groups excluding carboxylic acids is 3. The van der Waals surface area contributed by atoms with Gasteiger partial charge < -0.3 is 15.1 Å². The number of likely N-dealkylation sites (N-methyl/N-ethyl adjacent to an activating group) is 1. The van der Waals surface area contributed by atoms with E-state index in [2.05, 4.69) is 29.0 Å². The third-order valence-electron chi connectivity index (χ3n) is 6.19. The Kier molecular flexibility index (Phi) is 8.23. The third-order valence-corrected chi connectivity index (χ3v) is 6.19. The first-order valence-corrected chi connectivity index (χ1v) is 10.4. The van der Waals surface area contributed by atoms with Crippen LogP contribution in [0.4, 0.5) is 4.79 Å².